The number of nitro benzene ring substituents is 1. The molecule has 3 amide bonds. The van der Waals surface area contributed by atoms with Gasteiger partial charge < -0.3 is 15.5 Å². The quantitative estimate of drug-likeness (QED) is 0.190. The van der Waals surface area contributed by atoms with Crippen LogP contribution in [0, 0.1) is 10.1 Å². The number of nitro groups is 1. The first kappa shape index (κ1) is 36.3. The summed E-state index contributed by atoms with van der Waals surface area (Å²) in [7, 11) is -1.17. The minimum absolute atomic E-state index is 0.128. The minimum atomic E-state index is -4.29. The third kappa shape index (κ3) is 8.28. The number of hydrogen-bond acceptors (Lipinski definition) is 9. The molecule has 14 nitrogen and oxygen atoms in total. The molecule has 2 N–H and O–H groups in total. The largest absolute Gasteiger partial charge is 0.355 e. The molecule has 0 fully saturated rings. The van der Waals surface area contributed by atoms with E-state index in [2.05, 4.69) is 10.6 Å². The van der Waals surface area contributed by atoms with E-state index in [9.17, 15) is 32.9 Å². The summed E-state index contributed by atoms with van der Waals surface area (Å²) in [5.41, 5.74) is 2.21. The molecule has 0 spiro atoms. The first-order valence-electron chi connectivity index (χ1n) is 15.1. The fourth-order valence-corrected chi connectivity index (χ4v) is 7.39. The van der Waals surface area contributed by atoms with Crippen molar-refractivity contribution in [2.45, 2.75) is 37.9 Å². The van der Waals surface area contributed by atoms with Crippen LogP contribution in [0.4, 0.5) is 11.4 Å². The third-order valence-electron chi connectivity index (χ3n) is 7.92. The van der Waals surface area contributed by atoms with Gasteiger partial charge in [0.2, 0.25) is 15.9 Å². The van der Waals surface area contributed by atoms with E-state index in [1.807, 2.05) is 29.3 Å². The van der Waals surface area contributed by atoms with Crippen LogP contribution in [0.2, 0.25) is 5.02 Å². The Hall–Kier alpha value is -4.57. The number of carbonyl (C=O) groups excluding carboxylic acids is 3. The van der Waals surface area contributed by atoms with Crippen LogP contribution in [0.1, 0.15) is 35.3 Å². The van der Waals surface area contributed by atoms with Crippen molar-refractivity contribution >= 4 is 50.7 Å². The number of carbonyl (C=O) groups is 3. The number of fused-ring (bicyclic) bond motifs is 1. The maximum absolute atomic E-state index is 13.6. The van der Waals surface area contributed by atoms with Gasteiger partial charge in [-0.1, -0.05) is 48.0 Å². The van der Waals surface area contributed by atoms with Gasteiger partial charge in [0.05, 0.1) is 28.7 Å². The zero-order valence-electron chi connectivity index (χ0n) is 27.1. The number of hydrogen-bond donors (Lipinski definition) is 2. The van der Waals surface area contributed by atoms with Crippen LogP contribution in [0.15, 0.2) is 71.6 Å². The van der Waals surface area contributed by atoms with Gasteiger partial charge in [-0.2, -0.15) is 4.31 Å². The molecule has 0 saturated heterocycles. The minimum Gasteiger partial charge on any atom is -0.355 e. The van der Waals surface area contributed by atoms with Gasteiger partial charge in [-0.15, -0.1) is 0 Å². The van der Waals surface area contributed by atoms with Crippen molar-refractivity contribution in [1.82, 2.24) is 25.0 Å². The number of anilines is 1. The number of halogens is 1. The van der Waals surface area contributed by atoms with E-state index in [0.29, 0.717) is 13.1 Å². The highest BCUT2D eigenvalue weighted by molar-refractivity contribution is 7.89. The van der Waals surface area contributed by atoms with E-state index >= 15 is 0 Å². The molecular formula is C32H38ClN7O7S. The number of likely N-dealkylation sites (N-methyl/N-ethyl adjacent to an activating group) is 1. The lowest BCUT2D eigenvalue weighted by molar-refractivity contribution is -0.387. The molecule has 0 saturated carbocycles. The zero-order chi connectivity index (χ0) is 35.2. The molecule has 3 aromatic carbocycles. The summed E-state index contributed by atoms with van der Waals surface area (Å²) in [5, 5.41) is 20.3. The number of benzene rings is 3. The molecule has 0 atom stereocenters. The first-order valence-corrected chi connectivity index (χ1v) is 16.9. The van der Waals surface area contributed by atoms with E-state index in [0.717, 1.165) is 21.5 Å². The van der Waals surface area contributed by atoms with Gasteiger partial charge >= 0.3 is 0 Å². The highest BCUT2D eigenvalue weighted by Gasteiger charge is 2.33. The maximum Gasteiger partial charge on any atom is 0.289 e. The number of nitrogens with zero attached hydrogens (tertiary/aromatic N) is 5. The zero-order valence-corrected chi connectivity index (χ0v) is 28.6. The van der Waals surface area contributed by atoms with Crippen molar-refractivity contribution in [2.75, 3.05) is 45.2 Å². The predicted molar refractivity (Wildman–Crippen MR) is 181 cm³/mol. The third-order valence-corrected chi connectivity index (χ3v) is 10.4. The Morgan fingerprint density at radius 2 is 1.62 bits per heavy atom. The topological polar surface area (TPSA) is 166 Å². The number of rotatable bonds is 14. The van der Waals surface area contributed by atoms with Crippen LogP contribution in [0.3, 0.4) is 0 Å². The normalized spacial score (nSPS) is 12.9. The van der Waals surface area contributed by atoms with Crippen LogP contribution in [-0.4, -0.2) is 91.7 Å². The molecule has 48 heavy (non-hydrogen) atoms. The monoisotopic (exact) mass is 699 g/mol. The average Bonchev–Trinajstić information content (AvgIpc) is 3.50. The summed E-state index contributed by atoms with van der Waals surface area (Å²) >= 11 is 6.54. The fraction of sp³-hybridized carbons (Fsp3) is 0.344. The van der Waals surface area contributed by atoms with Gasteiger partial charge in [0.25, 0.3) is 17.5 Å². The second-order valence-corrected chi connectivity index (χ2v) is 13.7. The Morgan fingerprint density at radius 3 is 2.23 bits per heavy atom. The van der Waals surface area contributed by atoms with Gasteiger partial charge in [-0.05, 0) is 49.2 Å². The van der Waals surface area contributed by atoms with E-state index in [4.69, 9.17) is 11.6 Å². The van der Waals surface area contributed by atoms with Crippen molar-refractivity contribution in [3.05, 3.63) is 98.6 Å². The van der Waals surface area contributed by atoms with Crippen molar-refractivity contribution in [3.63, 3.8) is 0 Å². The summed E-state index contributed by atoms with van der Waals surface area (Å²) < 4.78 is 28.0. The molecule has 1 aliphatic heterocycles. The Bertz CT molecular complexity index is 1780. The molecule has 0 unspecified atom stereocenters. The summed E-state index contributed by atoms with van der Waals surface area (Å²) in [5.74, 6) is -1.27. The Kier molecular flexibility index (Phi) is 11.8. The van der Waals surface area contributed by atoms with E-state index in [1.54, 1.807) is 20.9 Å². The summed E-state index contributed by atoms with van der Waals surface area (Å²) in [6, 6.07) is 16.9. The molecule has 256 valence electrons. The highest BCUT2D eigenvalue weighted by Crippen LogP contribution is 2.29. The first-order chi connectivity index (χ1) is 22.7. The Morgan fingerprint density at radius 1 is 1.00 bits per heavy atom. The van der Waals surface area contributed by atoms with Crippen LogP contribution in [0.25, 0.3) is 0 Å². The Balaban J connectivity index is 1.51. The van der Waals surface area contributed by atoms with Crippen molar-refractivity contribution in [1.29, 1.82) is 0 Å². The van der Waals surface area contributed by atoms with Crippen LogP contribution < -0.4 is 15.5 Å². The molecule has 0 radical (unpaired) electrons. The van der Waals surface area contributed by atoms with E-state index in [1.165, 1.54) is 53.4 Å². The lowest BCUT2D eigenvalue weighted by Crippen LogP contribution is -2.48. The summed E-state index contributed by atoms with van der Waals surface area (Å²) in [4.78, 5) is 51.1. The van der Waals surface area contributed by atoms with Gasteiger partial charge in [0.15, 0.2) is 4.90 Å². The standard InChI is InChI=1S/C32H38ClN7O7S/c1-22(2)39(48(46,47)29-12-8-7-11-27(29)40(44)45)16-15-35-30(41)20-37(28-17-23(32(43)34-3)13-14-26(28)33)21-31(42)36(4)38-18-24-9-5-6-10-25(24)19-38/h5-14,17,22H,15-16,18-21H2,1-4H3,(H,34,43)(H,35,41). The molecule has 0 aliphatic carbocycles. The Labute approximate surface area is 284 Å². The van der Waals surface area contributed by atoms with Crippen LogP contribution >= 0.6 is 11.6 Å². The number of hydrazine groups is 1. The number of amides is 3. The number of nitrogens with one attached hydrogen (secondary N) is 2. The van der Waals surface area contributed by atoms with Crippen molar-refractivity contribution in [2.24, 2.45) is 0 Å². The highest BCUT2D eigenvalue weighted by atomic mass is 35.5. The lowest BCUT2D eigenvalue weighted by atomic mass is 10.1. The van der Waals surface area contributed by atoms with Gasteiger partial charge in [0, 0.05) is 57.9 Å². The van der Waals surface area contributed by atoms with Gasteiger partial charge in [-0.25, -0.2) is 13.4 Å². The molecule has 4 rings (SSSR count). The van der Waals surface area contributed by atoms with Crippen LogP contribution in [-0.2, 0) is 32.7 Å². The van der Waals surface area contributed by atoms with E-state index < -0.39 is 37.5 Å². The van der Waals surface area contributed by atoms with Crippen molar-refractivity contribution in [3.8, 4) is 0 Å². The van der Waals surface area contributed by atoms with Gasteiger partial charge in [0.1, 0.15) is 0 Å². The molecule has 16 heteroatoms. The fourth-order valence-electron chi connectivity index (χ4n) is 5.36. The number of para-hydroxylation sites is 1. The second kappa shape index (κ2) is 15.6. The van der Waals surface area contributed by atoms with Crippen molar-refractivity contribution < 1.29 is 27.7 Å². The molecule has 1 aliphatic rings. The molecule has 1 heterocycles. The van der Waals surface area contributed by atoms with Gasteiger partial charge in [-0.3, -0.25) is 29.5 Å². The summed E-state index contributed by atoms with van der Waals surface area (Å²) in [6.45, 7) is 3.39. The number of sulfonamides is 1. The smallest absolute Gasteiger partial charge is 0.289 e. The average molecular weight is 700 g/mol. The summed E-state index contributed by atoms with van der Waals surface area (Å²) in [6.07, 6.45) is 0. The predicted octanol–water partition coefficient (Wildman–Crippen LogP) is 3.02. The second-order valence-electron chi connectivity index (χ2n) is 11.4. The molecule has 0 bridgehead atoms. The maximum atomic E-state index is 13.6. The van der Waals surface area contributed by atoms with E-state index in [-0.39, 0.29) is 54.3 Å². The molecular weight excluding hydrogens is 662 g/mol. The molecule has 0 aromatic heterocycles. The van der Waals surface area contributed by atoms with Crippen LogP contribution in [0.5, 0.6) is 0 Å². The molecule has 3 aromatic rings. The SMILES string of the molecule is CNC(=O)c1ccc(Cl)c(N(CC(=O)NCCN(C(C)C)S(=O)(=O)c2ccccc2[N+](=O)[O-])CC(=O)N(C)N2Cc3ccccc3C2)c1. The lowest BCUT2D eigenvalue weighted by Gasteiger charge is -2.32.